The zero-order valence-electron chi connectivity index (χ0n) is 17.7. The van der Waals surface area contributed by atoms with Crippen LogP contribution in [-0.4, -0.2) is 52.7 Å². The summed E-state index contributed by atoms with van der Waals surface area (Å²) in [5.74, 6) is -1.73. The van der Waals surface area contributed by atoms with Crippen LogP contribution in [0.2, 0.25) is 0 Å². The van der Waals surface area contributed by atoms with E-state index in [1.54, 1.807) is 20.8 Å². The summed E-state index contributed by atoms with van der Waals surface area (Å²) in [6.07, 6.45) is -0.776. The topological polar surface area (TPSA) is 117 Å². The van der Waals surface area contributed by atoms with E-state index in [1.807, 2.05) is 30.3 Å². The highest BCUT2D eigenvalue weighted by atomic mass is 16.5. The molecule has 30 heavy (non-hydrogen) atoms. The van der Waals surface area contributed by atoms with Crippen molar-refractivity contribution in [2.24, 2.45) is 5.10 Å². The van der Waals surface area contributed by atoms with Crippen molar-refractivity contribution in [1.29, 1.82) is 0 Å². The first-order valence-electron chi connectivity index (χ1n) is 9.81. The van der Waals surface area contributed by atoms with Crippen LogP contribution < -0.4 is 10.6 Å². The second kappa shape index (κ2) is 10.00. The predicted octanol–water partition coefficient (Wildman–Crippen LogP) is 1.96. The van der Waals surface area contributed by atoms with Crippen LogP contribution in [0.5, 0.6) is 0 Å². The molecule has 4 amide bonds. The molecule has 0 fully saturated rings. The maximum absolute atomic E-state index is 12.3. The van der Waals surface area contributed by atoms with E-state index < -0.39 is 29.6 Å². The van der Waals surface area contributed by atoms with Gasteiger partial charge < -0.3 is 10.1 Å². The number of imide groups is 1. The predicted molar refractivity (Wildman–Crippen MR) is 111 cm³/mol. The lowest BCUT2D eigenvalue weighted by Crippen LogP contribution is -2.50. The molecule has 162 valence electrons. The van der Waals surface area contributed by atoms with Gasteiger partial charge in [-0.15, -0.1) is 0 Å². The van der Waals surface area contributed by atoms with E-state index in [0.717, 1.165) is 11.3 Å². The molecule has 1 aromatic rings. The average molecular weight is 416 g/mol. The second-order valence-corrected chi connectivity index (χ2v) is 8.01. The third-order valence-electron chi connectivity index (χ3n) is 4.14. The van der Waals surface area contributed by atoms with E-state index in [-0.39, 0.29) is 18.7 Å². The number of carbonyl (C=O) groups excluding carboxylic acids is 4. The summed E-state index contributed by atoms with van der Waals surface area (Å²) < 4.78 is 5.01. The molecule has 1 aromatic carbocycles. The molecule has 0 radical (unpaired) electrons. The van der Waals surface area contributed by atoms with Gasteiger partial charge in [0, 0.05) is 18.4 Å². The zero-order chi connectivity index (χ0) is 22.3. The van der Waals surface area contributed by atoms with Crippen LogP contribution in [0.15, 0.2) is 35.4 Å². The number of nitrogens with zero attached hydrogens (tertiary/aromatic N) is 2. The average Bonchev–Trinajstić information content (AvgIpc) is 3.15. The Balaban J connectivity index is 1.76. The first kappa shape index (κ1) is 23.1. The Morgan fingerprint density at radius 1 is 1.13 bits per heavy atom. The first-order chi connectivity index (χ1) is 14.0. The molecule has 0 spiro atoms. The molecule has 1 aliphatic heterocycles. The lowest BCUT2D eigenvalue weighted by molar-refractivity contribution is -0.155. The van der Waals surface area contributed by atoms with Gasteiger partial charge in [-0.05, 0) is 33.3 Å². The van der Waals surface area contributed by atoms with E-state index in [0.29, 0.717) is 13.0 Å². The highest BCUT2D eigenvalue weighted by molar-refractivity contribution is 6.02. The molecule has 0 aliphatic carbocycles. The van der Waals surface area contributed by atoms with Gasteiger partial charge in [0.15, 0.2) is 6.10 Å². The molecule has 0 saturated carbocycles. The molecule has 0 bridgehead atoms. The van der Waals surface area contributed by atoms with Crippen LogP contribution in [0.1, 0.15) is 52.5 Å². The zero-order valence-corrected chi connectivity index (χ0v) is 17.7. The molecule has 0 saturated heterocycles. The van der Waals surface area contributed by atoms with Crippen LogP contribution >= 0.6 is 0 Å². The first-order valence-corrected chi connectivity index (χ1v) is 9.81. The Morgan fingerprint density at radius 2 is 1.80 bits per heavy atom. The van der Waals surface area contributed by atoms with E-state index in [2.05, 4.69) is 15.7 Å². The largest absolute Gasteiger partial charge is 0.453 e. The Bertz CT molecular complexity index is 830. The number of hydrogen-bond acceptors (Lipinski definition) is 6. The van der Waals surface area contributed by atoms with Crippen molar-refractivity contribution >= 4 is 29.5 Å². The molecule has 9 nitrogen and oxygen atoms in total. The van der Waals surface area contributed by atoms with Crippen molar-refractivity contribution < 1.29 is 23.9 Å². The quantitative estimate of drug-likeness (QED) is 0.688. The lowest BCUT2D eigenvalue weighted by Gasteiger charge is -2.21. The summed E-state index contributed by atoms with van der Waals surface area (Å²) in [5.41, 5.74) is 1.27. The molecular weight excluding hydrogens is 388 g/mol. The fraction of sp³-hybridized carbons (Fsp3) is 0.476. The normalized spacial score (nSPS) is 14.5. The summed E-state index contributed by atoms with van der Waals surface area (Å²) in [6, 6.07) is 8.90. The highest BCUT2D eigenvalue weighted by Gasteiger charge is 2.24. The minimum absolute atomic E-state index is 0.0801. The number of esters is 1. The Morgan fingerprint density at radius 3 is 2.43 bits per heavy atom. The van der Waals surface area contributed by atoms with E-state index in [1.165, 1.54) is 11.9 Å². The number of rotatable bonds is 6. The number of hydrogen-bond donors (Lipinski definition) is 2. The second-order valence-electron chi connectivity index (χ2n) is 8.01. The number of urea groups is 1. The summed E-state index contributed by atoms with van der Waals surface area (Å²) in [4.78, 5) is 47.9. The summed E-state index contributed by atoms with van der Waals surface area (Å²) in [6.45, 7) is 7.12. The lowest BCUT2D eigenvalue weighted by atomic mass is 10.1. The van der Waals surface area contributed by atoms with Gasteiger partial charge in [0.2, 0.25) is 5.91 Å². The summed E-state index contributed by atoms with van der Waals surface area (Å²) in [5, 5.41) is 10.4. The minimum Gasteiger partial charge on any atom is -0.453 e. The Labute approximate surface area is 175 Å². The molecule has 2 N–H and O–H groups in total. The van der Waals surface area contributed by atoms with E-state index in [4.69, 9.17) is 4.74 Å². The van der Waals surface area contributed by atoms with Crippen molar-refractivity contribution in [3.8, 4) is 0 Å². The fourth-order valence-corrected chi connectivity index (χ4v) is 2.70. The molecule has 9 heteroatoms. The van der Waals surface area contributed by atoms with Gasteiger partial charge in [-0.2, -0.15) is 5.10 Å². The number of benzene rings is 1. The Kier molecular flexibility index (Phi) is 7.68. The Hall–Kier alpha value is -3.23. The van der Waals surface area contributed by atoms with Gasteiger partial charge in [-0.3, -0.25) is 19.7 Å². The van der Waals surface area contributed by atoms with Gasteiger partial charge in [-0.25, -0.2) is 9.80 Å². The fourth-order valence-electron chi connectivity index (χ4n) is 2.70. The SMILES string of the molecule is C[C@@H](OC(=O)CCC(=O)N1CCC(c2ccccc2)=N1)C(=O)NC(=O)NC(C)(C)C. The number of amides is 4. The molecule has 2 rings (SSSR count). The summed E-state index contributed by atoms with van der Waals surface area (Å²) >= 11 is 0. The molecule has 0 unspecified atom stereocenters. The standard InChI is InChI=1S/C21H28N4O5/c1-14(19(28)22-20(29)23-21(2,3)4)30-18(27)11-10-17(26)25-13-12-16(24-25)15-8-6-5-7-9-15/h5-9,14H,10-13H2,1-4H3,(H2,22,23,28,29)/t14-/m1/s1. The third-order valence-corrected chi connectivity index (χ3v) is 4.14. The van der Waals surface area contributed by atoms with Crippen molar-refractivity contribution in [2.75, 3.05) is 6.54 Å². The molecule has 1 heterocycles. The molecule has 0 aromatic heterocycles. The van der Waals surface area contributed by atoms with E-state index in [9.17, 15) is 19.2 Å². The molecule has 1 atom stereocenters. The van der Waals surface area contributed by atoms with Crippen LogP contribution in [0.3, 0.4) is 0 Å². The van der Waals surface area contributed by atoms with Gasteiger partial charge in [0.1, 0.15) is 0 Å². The van der Waals surface area contributed by atoms with Gasteiger partial charge in [-0.1, -0.05) is 30.3 Å². The van der Waals surface area contributed by atoms with Crippen LogP contribution in [-0.2, 0) is 19.1 Å². The number of hydrazone groups is 1. The molecule has 1 aliphatic rings. The van der Waals surface area contributed by atoms with Gasteiger partial charge >= 0.3 is 12.0 Å². The number of carbonyl (C=O) groups is 4. The number of ether oxygens (including phenoxy) is 1. The highest BCUT2D eigenvalue weighted by Crippen LogP contribution is 2.15. The van der Waals surface area contributed by atoms with Crippen LogP contribution in [0.4, 0.5) is 4.79 Å². The maximum Gasteiger partial charge on any atom is 0.321 e. The van der Waals surface area contributed by atoms with Gasteiger partial charge in [0.25, 0.3) is 5.91 Å². The monoisotopic (exact) mass is 416 g/mol. The summed E-state index contributed by atoms with van der Waals surface area (Å²) in [7, 11) is 0. The number of nitrogens with one attached hydrogen (secondary N) is 2. The van der Waals surface area contributed by atoms with Gasteiger partial charge in [0.05, 0.1) is 18.7 Å². The van der Waals surface area contributed by atoms with Crippen molar-refractivity contribution in [2.45, 2.75) is 58.6 Å². The minimum atomic E-state index is -1.16. The molecular formula is C21H28N4O5. The maximum atomic E-state index is 12.3. The van der Waals surface area contributed by atoms with Crippen molar-refractivity contribution in [3.05, 3.63) is 35.9 Å². The third kappa shape index (κ3) is 7.31. The smallest absolute Gasteiger partial charge is 0.321 e. The van der Waals surface area contributed by atoms with Crippen LogP contribution in [0.25, 0.3) is 0 Å². The van der Waals surface area contributed by atoms with Crippen LogP contribution in [0, 0.1) is 0 Å². The van der Waals surface area contributed by atoms with Crippen molar-refractivity contribution in [3.63, 3.8) is 0 Å². The van der Waals surface area contributed by atoms with E-state index >= 15 is 0 Å². The van der Waals surface area contributed by atoms with Crippen molar-refractivity contribution in [1.82, 2.24) is 15.6 Å².